The predicted molar refractivity (Wildman–Crippen MR) is 123 cm³/mol. The Labute approximate surface area is 180 Å². The van der Waals surface area contributed by atoms with Crippen molar-refractivity contribution in [3.8, 4) is 0 Å². The maximum atomic E-state index is 12.7. The normalized spacial score (nSPS) is 11.9. The first kappa shape index (κ1) is 21.8. The lowest BCUT2D eigenvalue weighted by Gasteiger charge is -2.19. The summed E-state index contributed by atoms with van der Waals surface area (Å²) in [6, 6.07) is 18.3. The third kappa shape index (κ3) is 6.58. The number of rotatable bonds is 12. The van der Waals surface area contributed by atoms with E-state index < -0.39 is 0 Å². The summed E-state index contributed by atoms with van der Waals surface area (Å²) in [7, 11) is 0. The van der Waals surface area contributed by atoms with Gasteiger partial charge in [0.15, 0.2) is 0 Å². The van der Waals surface area contributed by atoms with Crippen molar-refractivity contribution in [2.75, 3.05) is 6.54 Å². The number of nitrogens with one attached hydrogen (secondary N) is 1. The van der Waals surface area contributed by atoms with Gasteiger partial charge in [0.2, 0.25) is 0 Å². The van der Waals surface area contributed by atoms with Gasteiger partial charge in [0.1, 0.15) is 0 Å². The van der Waals surface area contributed by atoms with Gasteiger partial charge in [-0.25, -0.2) is 4.98 Å². The monoisotopic (exact) mass is 403 g/mol. The summed E-state index contributed by atoms with van der Waals surface area (Å²) in [6.07, 6.45) is 14.4. The summed E-state index contributed by atoms with van der Waals surface area (Å²) in [5, 5.41) is 3.09. The number of aromatic nitrogens is 2. The summed E-state index contributed by atoms with van der Waals surface area (Å²) >= 11 is 0. The molecule has 158 valence electrons. The van der Waals surface area contributed by atoms with E-state index in [1.807, 2.05) is 41.1 Å². The van der Waals surface area contributed by atoms with E-state index in [4.69, 9.17) is 0 Å². The van der Waals surface area contributed by atoms with Crippen LogP contribution >= 0.6 is 0 Å². The smallest absolute Gasteiger partial charge is 0.251 e. The fraction of sp³-hybridized carbons (Fsp3) is 0.385. The molecule has 1 aromatic heterocycles. The molecule has 1 amide bonds. The van der Waals surface area contributed by atoms with Crippen LogP contribution in [0.4, 0.5) is 0 Å². The molecule has 1 heterocycles. The second-order valence-corrected chi connectivity index (χ2v) is 7.86. The van der Waals surface area contributed by atoms with E-state index in [1.165, 1.54) is 44.1 Å². The Hall–Kier alpha value is -2.88. The van der Waals surface area contributed by atoms with Gasteiger partial charge in [0, 0.05) is 24.5 Å². The summed E-state index contributed by atoms with van der Waals surface area (Å²) in [5.74, 6) is -0.0397. The van der Waals surface area contributed by atoms with Crippen molar-refractivity contribution in [1.29, 1.82) is 0 Å². The Morgan fingerprint density at radius 3 is 2.40 bits per heavy atom. The molecule has 4 nitrogen and oxygen atoms in total. The molecular weight excluding hydrogens is 370 g/mol. The average molecular weight is 404 g/mol. The molecule has 2 aromatic carbocycles. The number of benzene rings is 2. The lowest BCUT2D eigenvalue weighted by atomic mass is 10.0. The van der Waals surface area contributed by atoms with Crippen LogP contribution in [0.3, 0.4) is 0 Å². The second kappa shape index (κ2) is 12.0. The molecule has 3 rings (SSSR count). The van der Waals surface area contributed by atoms with E-state index in [1.54, 1.807) is 12.5 Å². The lowest BCUT2D eigenvalue weighted by Crippen LogP contribution is -2.31. The topological polar surface area (TPSA) is 46.9 Å². The summed E-state index contributed by atoms with van der Waals surface area (Å²) in [4.78, 5) is 16.8. The van der Waals surface area contributed by atoms with Gasteiger partial charge in [-0.3, -0.25) is 4.79 Å². The summed E-state index contributed by atoms with van der Waals surface area (Å²) < 4.78 is 2.03. The molecule has 3 aromatic rings. The van der Waals surface area contributed by atoms with Crippen molar-refractivity contribution in [3.63, 3.8) is 0 Å². The van der Waals surface area contributed by atoms with Gasteiger partial charge in [0.25, 0.3) is 5.91 Å². The largest absolute Gasteiger partial charge is 0.350 e. The molecular formula is C26H33N3O. The number of imidazole rings is 1. The molecule has 0 aliphatic rings. The molecule has 0 saturated carbocycles. The number of hydrogen-bond donors (Lipinski definition) is 1. The Morgan fingerprint density at radius 1 is 0.967 bits per heavy atom. The molecule has 1 N–H and O–H groups in total. The highest BCUT2D eigenvalue weighted by molar-refractivity contribution is 5.94. The number of hydrogen-bond acceptors (Lipinski definition) is 2. The zero-order valence-corrected chi connectivity index (χ0v) is 18.0. The number of amides is 1. The Kier molecular flexibility index (Phi) is 8.70. The van der Waals surface area contributed by atoms with Crippen molar-refractivity contribution in [3.05, 3.63) is 90.0 Å². The van der Waals surface area contributed by atoms with Crippen molar-refractivity contribution in [1.82, 2.24) is 14.9 Å². The van der Waals surface area contributed by atoms with Crippen LogP contribution in [0.5, 0.6) is 0 Å². The van der Waals surface area contributed by atoms with E-state index in [0.717, 1.165) is 12.0 Å². The van der Waals surface area contributed by atoms with Gasteiger partial charge in [-0.05, 0) is 36.1 Å². The Bertz CT molecular complexity index is 857. The fourth-order valence-electron chi connectivity index (χ4n) is 3.75. The predicted octanol–water partition coefficient (Wildman–Crippen LogP) is 5.81. The molecule has 0 fully saturated rings. The first-order valence-electron chi connectivity index (χ1n) is 11.2. The zero-order valence-electron chi connectivity index (χ0n) is 18.0. The summed E-state index contributed by atoms with van der Waals surface area (Å²) in [5.41, 5.74) is 3.16. The van der Waals surface area contributed by atoms with Crippen molar-refractivity contribution < 1.29 is 4.79 Å². The highest BCUT2D eigenvalue weighted by Gasteiger charge is 2.15. The van der Waals surface area contributed by atoms with E-state index >= 15 is 0 Å². The first-order valence-corrected chi connectivity index (χ1v) is 11.2. The van der Waals surface area contributed by atoms with E-state index in [-0.39, 0.29) is 11.9 Å². The quantitative estimate of drug-likeness (QED) is 0.388. The van der Waals surface area contributed by atoms with Crippen LogP contribution in [0.15, 0.2) is 73.3 Å². The van der Waals surface area contributed by atoms with Gasteiger partial charge in [-0.2, -0.15) is 0 Å². The lowest BCUT2D eigenvalue weighted by molar-refractivity contribution is 0.0950. The number of unbranched alkanes of at least 4 members (excludes halogenated alkanes) is 5. The molecule has 1 unspecified atom stereocenters. The van der Waals surface area contributed by atoms with Gasteiger partial charge in [-0.1, -0.05) is 81.5 Å². The standard InChI is InChI=1S/C26H33N3O/c1-2-3-4-5-6-8-11-22-14-16-24(17-15-22)26(30)28-20-25(29-19-18-27-21-29)23-12-9-7-10-13-23/h7,9-10,12-19,21,25H,2-6,8,11,20H2,1H3,(H,28,30). The zero-order chi connectivity index (χ0) is 21.0. The highest BCUT2D eigenvalue weighted by Crippen LogP contribution is 2.17. The first-order chi connectivity index (χ1) is 14.8. The summed E-state index contributed by atoms with van der Waals surface area (Å²) in [6.45, 7) is 2.76. The minimum Gasteiger partial charge on any atom is -0.350 e. The van der Waals surface area contributed by atoms with Crippen LogP contribution in [-0.4, -0.2) is 22.0 Å². The van der Waals surface area contributed by atoms with Gasteiger partial charge in [-0.15, -0.1) is 0 Å². The third-order valence-electron chi connectivity index (χ3n) is 5.56. The number of aryl methyl sites for hydroxylation is 1. The van der Waals surface area contributed by atoms with E-state index in [9.17, 15) is 4.79 Å². The van der Waals surface area contributed by atoms with Crippen LogP contribution in [-0.2, 0) is 6.42 Å². The van der Waals surface area contributed by atoms with Gasteiger partial charge in [0.05, 0.1) is 12.4 Å². The minimum absolute atomic E-state index is 0.0182. The SMILES string of the molecule is CCCCCCCCc1ccc(C(=O)NCC(c2ccccc2)n2ccnc2)cc1. The Balaban J connectivity index is 1.51. The second-order valence-electron chi connectivity index (χ2n) is 7.86. The van der Waals surface area contributed by atoms with Crippen LogP contribution in [0.25, 0.3) is 0 Å². The van der Waals surface area contributed by atoms with Crippen molar-refractivity contribution in [2.45, 2.75) is 57.9 Å². The molecule has 0 bridgehead atoms. The number of carbonyl (C=O) groups is 1. The molecule has 0 aliphatic carbocycles. The van der Waals surface area contributed by atoms with Crippen molar-refractivity contribution >= 4 is 5.91 Å². The van der Waals surface area contributed by atoms with Crippen molar-refractivity contribution in [2.24, 2.45) is 0 Å². The highest BCUT2D eigenvalue weighted by atomic mass is 16.1. The van der Waals surface area contributed by atoms with Gasteiger partial charge >= 0.3 is 0 Å². The van der Waals surface area contributed by atoms with Crippen LogP contribution in [0, 0.1) is 0 Å². The van der Waals surface area contributed by atoms with Crippen LogP contribution in [0.1, 0.15) is 73.0 Å². The molecule has 0 spiro atoms. The van der Waals surface area contributed by atoms with Gasteiger partial charge < -0.3 is 9.88 Å². The molecule has 0 aliphatic heterocycles. The van der Waals surface area contributed by atoms with Crippen LogP contribution in [0.2, 0.25) is 0 Å². The molecule has 30 heavy (non-hydrogen) atoms. The molecule has 4 heteroatoms. The van der Waals surface area contributed by atoms with E-state index in [2.05, 4.69) is 41.5 Å². The average Bonchev–Trinajstić information content (AvgIpc) is 3.32. The maximum Gasteiger partial charge on any atom is 0.251 e. The molecule has 1 atom stereocenters. The molecule has 0 radical (unpaired) electrons. The third-order valence-corrected chi connectivity index (χ3v) is 5.56. The van der Waals surface area contributed by atoms with Crippen LogP contribution < -0.4 is 5.32 Å². The fourth-order valence-corrected chi connectivity index (χ4v) is 3.75. The maximum absolute atomic E-state index is 12.7. The Morgan fingerprint density at radius 2 is 1.70 bits per heavy atom. The minimum atomic E-state index is -0.0397. The van der Waals surface area contributed by atoms with E-state index in [0.29, 0.717) is 12.1 Å². The number of carbonyl (C=O) groups excluding carboxylic acids is 1. The number of nitrogens with zero attached hydrogens (tertiary/aromatic N) is 2. The molecule has 0 saturated heterocycles.